The van der Waals surface area contributed by atoms with Gasteiger partial charge in [0.2, 0.25) is 0 Å². The van der Waals surface area contributed by atoms with Gasteiger partial charge in [-0.25, -0.2) is 0 Å². The average molecular weight is 852 g/mol. The fourth-order valence-electron chi connectivity index (χ4n) is 8.40. The number of ether oxygens (including phenoxy) is 1. The van der Waals surface area contributed by atoms with Crippen LogP contribution in [0.2, 0.25) is 36.3 Å². The van der Waals surface area contributed by atoms with E-state index in [1.807, 2.05) is 0 Å². The highest BCUT2D eigenvalue weighted by Gasteiger charge is 2.45. The van der Waals surface area contributed by atoms with Crippen LogP contribution in [0.1, 0.15) is 267 Å². The third-order valence-corrected chi connectivity index (χ3v) is 23.6. The van der Waals surface area contributed by atoms with Crippen LogP contribution >= 0.6 is 0 Å². The maximum atomic E-state index is 10.9. The number of hydrogen-bond acceptors (Lipinski definition) is 4. The van der Waals surface area contributed by atoms with Gasteiger partial charge in [-0.1, -0.05) is 228 Å². The molecule has 1 aliphatic heterocycles. The number of carbonyl (C=O) groups is 1. The first-order valence-electron chi connectivity index (χ1n) is 26.0. The SMILES string of the molecule is CCCCCCCCCCCCCCCCCCCCCCCCCCCC[C@@H](O[Si](C)(C)C(C)(C)C)[C@@H]1CC[C@@H]([C@H](CCCCCC=O)O[Si](C)(C)C(C)(C)C)O1. The minimum absolute atomic E-state index is 0.134. The molecule has 0 aromatic rings. The summed E-state index contributed by atoms with van der Waals surface area (Å²) in [5.74, 6) is 0. The lowest BCUT2D eigenvalue weighted by Crippen LogP contribution is -2.48. The Morgan fingerprint density at radius 2 is 0.724 bits per heavy atom. The van der Waals surface area contributed by atoms with Crippen molar-refractivity contribution in [2.45, 2.75) is 327 Å². The topological polar surface area (TPSA) is 44.8 Å². The zero-order valence-electron chi connectivity index (χ0n) is 41.6. The van der Waals surface area contributed by atoms with Gasteiger partial charge in [0.05, 0.1) is 24.4 Å². The molecule has 0 saturated carbocycles. The van der Waals surface area contributed by atoms with E-state index in [0.29, 0.717) is 6.42 Å². The predicted octanol–water partition coefficient (Wildman–Crippen LogP) is 18.0. The summed E-state index contributed by atoms with van der Waals surface area (Å²) in [5, 5.41) is 0.351. The third kappa shape index (κ3) is 26.5. The zero-order valence-corrected chi connectivity index (χ0v) is 43.6. The van der Waals surface area contributed by atoms with Crippen molar-refractivity contribution in [3.8, 4) is 0 Å². The molecule has 1 saturated heterocycles. The maximum Gasteiger partial charge on any atom is 0.192 e. The Hall–Kier alpha value is -0.0162. The summed E-state index contributed by atoms with van der Waals surface area (Å²) in [4.78, 5) is 10.9. The van der Waals surface area contributed by atoms with Crippen molar-refractivity contribution in [3.05, 3.63) is 0 Å². The number of hydrogen-bond donors (Lipinski definition) is 0. The normalized spacial score (nSPS) is 17.9. The average Bonchev–Trinajstić information content (AvgIpc) is 3.64. The van der Waals surface area contributed by atoms with Crippen LogP contribution in [0.3, 0.4) is 0 Å². The molecule has 1 rings (SSSR count). The molecule has 1 aliphatic rings. The van der Waals surface area contributed by atoms with Gasteiger partial charge in [0.15, 0.2) is 16.6 Å². The van der Waals surface area contributed by atoms with Gasteiger partial charge in [0, 0.05) is 6.42 Å². The van der Waals surface area contributed by atoms with Crippen molar-refractivity contribution in [2.75, 3.05) is 0 Å². The van der Waals surface area contributed by atoms with E-state index in [4.69, 9.17) is 13.6 Å². The molecule has 0 aliphatic carbocycles. The van der Waals surface area contributed by atoms with Gasteiger partial charge in [-0.2, -0.15) is 0 Å². The lowest BCUT2D eigenvalue weighted by molar-refractivity contribution is -0.107. The van der Waals surface area contributed by atoms with Gasteiger partial charge in [-0.05, 0) is 68.4 Å². The molecule has 1 fully saturated rings. The fraction of sp³-hybridized carbons (Fsp3) is 0.981. The molecule has 0 bridgehead atoms. The van der Waals surface area contributed by atoms with E-state index in [9.17, 15) is 4.79 Å². The van der Waals surface area contributed by atoms with Crippen molar-refractivity contribution in [3.63, 3.8) is 0 Å². The molecular formula is C52H106O4Si2. The van der Waals surface area contributed by atoms with Crippen LogP contribution in [0, 0.1) is 0 Å². The van der Waals surface area contributed by atoms with Crippen molar-refractivity contribution in [1.29, 1.82) is 0 Å². The highest BCUT2D eigenvalue weighted by Crippen LogP contribution is 2.42. The summed E-state index contributed by atoms with van der Waals surface area (Å²) in [6, 6.07) is 0. The number of aldehydes is 1. The van der Waals surface area contributed by atoms with Crippen LogP contribution in [0.5, 0.6) is 0 Å². The zero-order chi connectivity index (χ0) is 43.2. The minimum Gasteiger partial charge on any atom is -0.411 e. The molecule has 6 heteroatoms. The van der Waals surface area contributed by atoms with Crippen LogP contribution in [0.25, 0.3) is 0 Å². The van der Waals surface area contributed by atoms with Crippen LogP contribution in [0.15, 0.2) is 0 Å². The van der Waals surface area contributed by atoms with Gasteiger partial charge in [0.1, 0.15) is 6.29 Å². The Bertz CT molecular complexity index is 954. The van der Waals surface area contributed by atoms with Crippen LogP contribution in [-0.2, 0) is 18.4 Å². The molecule has 0 aromatic heterocycles. The second-order valence-corrected chi connectivity index (χ2v) is 31.6. The summed E-state index contributed by atoms with van der Waals surface area (Å²) in [6.45, 7) is 26.0. The number of unbranched alkanes of at least 4 members (excludes halogenated alkanes) is 28. The second-order valence-electron chi connectivity index (χ2n) is 22.1. The standard InChI is InChI=1S/C52H106O4Si2/c1-12-13-14-15-16-17-18-19-20-21-22-23-24-25-26-27-28-29-30-31-32-33-34-35-36-39-42-49(55-57(8,9)51(2,3)4)47-44-45-48(54-47)50(43-40-37-38-41-46-53)56-58(10,11)52(5,6)7/h46-50H,12-45H2,1-11H3/t47-,48-,49+,50-/m0/s1. The van der Waals surface area contributed by atoms with Gasteiger partial charge in [-0.15, -0.1) is 0 Å². The Labute approximate surface area is 367 Å². The molecule has 0 spiro atoms. The molecule has 346 valence electrons. The molecule has 0 aromatic carbocycles. The lowest BCUT2D eigenvalue weighted by atomic mass is 10.00. The molecule has 0 radical (unpaired) electrons. The van der Waals surface area contributed by atoms with Crippen LogP contribution in [0.4, 0.5) is 0 Å². The van der Waals surface area contributed by atoms with Gasteiger partial charge >= 0.3 is 0 Å². The van der Waals surface area contributed by atoms with Crippen LogP contribution < -0.4 is 0 Å². The van der Waals surface area contributed by atoms with Gasteiger partial charge in [-0.3, -0.25) is 0 Å². The molecule has 1 heterocycles. The van der Waals surface area contributed by atoms with E-state index in [1.165, 1.54) is 167 Å². The quantitative estimate of drug-likeness (QED) is 0.0351. The van der Waals surface area contributed by atoms with Crippen molar-refractivity contribution >= 4 is 22.9 Å². The van der Waals surface area contributed by atoms with Crippen molar-refractivity contribution in [1.82, 2.24) is 0 Å². The predicted molar refractivity (Wildman–Crippen MR) is 262 cm³/mol. The highest BCUT2D eigenvalue weighted by molar-refractivity contribution is 6.74. The Morgan fingerprint density at radius 3 is 0.983 bits per heavy atom. The molecule has 0 N–H and O–H groups in total. The molecule has 58 heavy (non-hydrogen) atoms. The summed E-state index contributed by atoms with van der Waals surface area (Å²) >= 11 is 0. The first-order valence-corrected chi connectivity index (χ1v) is 31.8. The van der Waals surface area contributed by atoms with Crippen molar-refractivity contribution < 1.29 is 18.4 Å². The monoisotopic (exact) mass is 851 g/mol. The summed E-state index contributed by atoms with van der Waals surface area (Å²) < 4.78 is 21.3. The molecule has 4 nitrogen and oxygen atoms in total. The second kappa shape index (κ2) is 32.6. The van der Waals surface area contributed by atoms with Gasteiger partial charge < -0.3 is 18.4 Å². The van der Waals surface area contributed by atoms with Crippen molar-refractivity contribution in [2.24, 2.45) is 0 Å². The van der Waals surface area contributed by atoms with E-state index in [0.717, 1.165) is 51.2 Å². The number of rotatable bonds is 39. The largest absolute Gasteiger partial charge is 0.411 e. The molecular weight excluding hydrogens is 745 g/mol. The number of carbonyl (C=O) groups excluding carboxylic acids is 1. The first kappa shape index (κ1) is 56.0. The molecule has 0 unspecified atom stereocenters. The highest BCUT2D eigenvalue weighted by atomic mass is 28.4. The Balaban J connectivity index is 2.31. The Morgan fingerprint density at radius 1 is 0.466 bits per heavy atom. The third-order valence-electron chi connectivity index (χ3n) is 14.6. The smallest absolute Gasteiger partial charge is 0.192 e. The van der Waals surface area contributed by atoms with E-state index < -0.39 is 16.6 Å². The Kier molecular flexibility index (Phi) is 31.5. The molecule has 0 amide bonds. The summed E-state index contributed by atoms with van der Waals surface area (Å²) in [5.41, 5.74) is 0. The summed E-state index contributed by atoms with van der Waals surface area (Å²) in [7, 11) is -3.88. The van der Waals surface area contributed by atoms with E-state index >= 15 is 0 Å². The summed E-state index contributed by atoms with van der Waals surface area (Å²) in [6.07, 6.45) is 47.0. The lowest BCUT2D eigenvalue weighted by Gasteiger charge is -2.42. The van der Waals surface area contributed by atoms with Crippen LogP contribution in [-0.4, -0.2) is 47.3 Å². The van der Waals surface area contributed by atoms with E-state index in [-0.39, 0.29) is 34.5 Å². The molecule has 4 atom stereocenters. The van der Waals surface area contributed by atoms with E-state index in [2.05, 4.69) is 74.7 Å². The van der Waals surface area contributed by atoms with Gasteiger partial charge in [0.25, 0.3) is 0 Å². The minimum atomic E-state index is -1.95. The maximum absolute atomic E-state index is 10.9. The van der Waals surface area contributed by atoms with E-state index in [1.54, 1.807) is 0 Å². The first-order chi connectivity index (χ1) is 27.6. The fourth-order valence-corrected chi connectivity index (χ4v) is 11.2.